The summed E-state index contributed by atoms with van der Waals surface area (Å²) in [6.45, 7) is 6.18. The predicted octanol–water partition coefficient (Wildman–Crippen LogP) is 1.24. The molecular weight excluding hydrogens is 264 g/mol. The Morgan fingerprint density at radius 1 is 1.37 bits per heavy atom. The van der Waals surface area contributed by atoms with Crippen LogP contribution in [0.3, 0.4) is 0 Å². The zero-order chi connectivity index (χ0) is 14.3. The lowest BCUT2D eigenvalue weighted by Gasteiger charge is -2.18. The normalized spacial score (nSPS) is 13.0. The first-order chi connectivity index (χ1) is 8.71. The molecule has 0 saturated heterocycles. The highest BCUT2D eigenvalue weighted by Gasteiger charge is 2.25. The number of imidazole rings is 1. The highest BCUT2D eigenvalue weighted by atomic mass is 32.2. The minimum absolute atomic E-state index is 0.00705. The summed E-state index contributed by atoms with van der Waals surface area (Å²) in [4.78, 5) is 4.05. The molecule has 0 atom stereocenters. The molecule has 3 N–H and O–H groups in total. The first kappa shape index (κ1) is 13.8. The maximum Gasteiger partial charge on any atom is 0.260 e. The van der Waals surface area contributed by atoms with Gasteiger partial charge < -0.3 is 5.73 Å². The molecule has 2 heterocycles. The molecule has 0 unspecified atom stereocenters. The van der Waals surface area contributed by atoms with Gasteiger partial charge in [-0.15, -0.1) is 0 Å². The van der Waals surface area contributed by atoms with Gasteiger partial charge in [0.2, 0.25) is 0 Å². The number of nitrogens with zero attached hydrogens (tertiary/aromatic N) is 2. The minimum Gasteiger partial charge on any atom is -0.381 e. The van der Waals surface area contributed by atoms with Gasteiger partial charge in [-0.3, -0.25) is 4.40 Å². The third kappa shape index (κ3) is 2.87. The van der Waals surface area contributed by atoms with Gasteiger partial charge in [-0.2, -0.15) is 0 Å². The van der Waals surface area contributed by atoms with Crippen LogP contribution in [0.4, 0.5) is 5.82 Å². The molecule has 0 radical (unpaired) electrons. The second kappa shape index (κ2) is 4.50. The van der Waals surface area contributed by atoms with Crippen molar-refractivity contribution in [2.75, 3.05) is 12.3 Å². The van der Waals surface area contributed by atoms with E-state index in [1.165, 1.54) is 4.40 Å². The number of sulfonamides is 1. The van der Waals surface area contributed by atoms with Crippen molar-refractivity contribution in [3.63, 3.8) is 0 Å². The zero-order valence-corrected chi connectivity index (χ0v) is 12.0. The molecule has 2 aromatic heterocycles. The Morgan fingerprint density at radius 2 is 2.05 bits per heavy atom. The van der Waals surface area contributed by atoms with Crippen molar-refractivity contribution < 1.29 is 8.42 Å². The van der Waals surface area contributed by atoms with Crippen LogP contribution in [0.5, 0.6) is 0 Å². The minimum atomic E-state index is -3.68. The maximum absolute atomic E-state index is 12.3. The van der Waals surface area contributed by atoms with Crippen molar-refractivity contribution in [2.24, 2.45) is 5.41 Å². The number of pyridine rings is 1. The van der Waals surface area contributed by atoms with Crippen LogP contribution in [-0.4, -0.2) is 24.3 Å². The Hall–Kier alpha value is -1.60. The smallest absolute Gasteiger partial charge is 0.260 e. The van der Waals surface area contributed by atoms with Crippen molar-refractivity contribution in [1.82, 2.24) is 14.1 Å². The van der Waals surface area contributed by atoms with Crippen LogP contribution in [0.2, 0.25) is 0 Å². The van der Waals surface area contributed by atoms with E-state index in [4.69, 9.17) is 5.73 Å². The second-order valence-corrected chi connectivity index (χ2v) is 7.30. The number of nitrogens with two attached hydrogens (primary N) is 1. The van der Waals surface area contributed by atoms with E-state index >= 15 is 0 Å². The first-order valence-electron chi connectivity index (χ1n) is 5.93. The van der Waals surface area contributed by atoms with Gasteiger partial charge in [-0.05, 0) is 17.5 Å². The molecule has 0 aliphatic carbocycles. The molecule has 6 nitrogen and oxygen atoms in total. The highest BCUT2D eigenvalue weighted by Crippen LogP contribution is 2.20. The van der Waals surface area contributed by atoms with Crippen molar-refractivity contribution in [1.29, 1.82) is 0 Å². The molecule has 0 aromatic carbocycles. The van der Waals surface area contributed by atoms with Gasteiger partial charge in [0.1, 0.15) is 5.65 Å². The number of fused-ring (bicyclic) bond motifs is 1. The molecule has 7 heteroatoms. The molecule has 0 spiro atoms. The van der Waals surface area contributed by atoms with Gasteiger partial charge in [0.15, 0.2) is 10.8 Å². The second-order valence-electron chi connectivity index (χ2n) is 5.62. The van der Waals surface area contributed by atoms with E-state index in [9.17, 15) is 8.42 Å². The van der Waals surface area contributed by atoms with Gasteiger partial charge in [0.25, 0.3) is 10.0 Å². The number of nitrogens with one attached hydrogen (secondary N) is 1. The van der Waals surface area contributed by atoms with E-state index in [0.717, 1.165) is 0 Å². The van der Waals surface area contributed by atoms with Crippen molar-refractivity contribution in [3.05, 3.63) is 24.4 Å². The molecule has 0 saturated carbocycles. The summed E-state index contributed by atoms with van der Waals surface area (Å²) in [6.07, 6.45) is 1.63. The number of anilines is 1. The van der Waals surface area contributed by atoms with Crippen molar-refractivity contribution >= 4 is 21.5 Å². The Labute approximate surface area is 112 Å². The Kier molecular flexibility index (Phi) is 3.27. The predicted molar refractivity (Wildman–Crippen MR) is 74.2 cm³/mol. The Balaban J connectivity index is 2.46. The van der Waals surface area contributed by atoms with E-state index < -0.39 is 10.0 Å². The lowest BCUT2D eigenvalue weighted by atomic mass is 9.98. The standard InChI is InChI=1S/C12H18N4O2S/c1-12(2,3)8-14-19(17,18)11-10(13)15-9-6-4-5-7-16(9)11/h4-7,14H,8,13H2,1-3H3. The van der Waals surface area contributed by atoms with Gasteiger partial charge in [-0.25, -0.2) is 18.1 Å². The number of aromatic nitrogens is 2. The molecule has 0 bridgehead atoms. The molecule has 0 aliphatic heterocycles. The fourth-order valence-electron chi connectivity index (χ4n) is 1.64. The van der Waals surface area contributed by atoms with Crippen molar-refractivity contribution in [2.45, 2.75) is 25.8 Å². The molecule has 19 heavy (non-hydrogen) atoms. The van der Waals surface area contributed by atoms with Crippen LogP contribution in [0.15, 0.2) is 29.4 Å². The summed E-state index contributed by atoms with van der Waals surface area (Å²) >= 11 is 0. The van der Waals surface area contributed by atoms with E-state index in [0.29, 0.717) is 12.2 Å². The molecule has 0 aliphatic rings. The van der Waals surface area contributed by atoms with Crippen molar-refractivity contribution in [3.8, 4) is 0 Å². The Morgan fingerprint density at radius 3 is 2.68 bits per heavy atom. The fourth-order valence-corrected chi connectivity index (χ4v) is 3.13. The van der Waals surface area contributed by atoms with Gasteiger partial charge in [-0.1, -0.05) is 26.8 Å². The van der Waals surface area contributed by atoms with E-state index in [1.807, 2.05) is 20.8 Å². The average Bonchev–Trinajstić information content (AvgIpc) is 2.62. The van der Waals surface area contributed by atoms with E-state index in [1.54, 1.807) is 24.4 Å². The largest absolute Gasteiger partial charge is 0.381 e. The van der Waals surface area contributed by atoms with Crippen LogP contribution in [0.25, 0.3) is 5.65 Å². The Bertz CT molecular complexity index is 698. The zero-order valence-electron chi connectivity index (χ0n) is 11.2. The lowest BCUT2D eigenvalue weighted by Crippen LogP contribution is -2.33. The summed E-state index contributed by atoms with van der Waals surface area (Å²) in [7, 11) is -3.68. The first-order valence-corrected chi connectivity index (χ1v) is 7.41. The molecule has 2 aromatic rings. The van der Waals surface area contributed by atoms with Crippen LogP contribution < -0.4 is 10.5 Å². The quantitative estimate of drug-likeness (QED) is 0.886. The fraction of sp³-hybridized carbons (Fsp3) is 0.417. The van der Waals surface area contributed by atoms with Crippen LogP contribution in [0, 0.1) is 5.41 Å². The summed E-state index contributed by atoms with van der Waals surface area (Å²) in [6, 6.07) is 5.22. The number of hydrogen-bond acceptors (Lipinski definition) is 4. The van der Waals surface area contributed by atoms with Crippen LogP contribution in [-0.2, 0) is 10.0 Å². The van der Waals surface area contributed by atoms with Crippen LogP contribution in [0.1, 0.15) is 20.8 Å². The van der Waals surface area contributed by atoms with Gasteiger partial charge >= 0.3 is 0 Å². The third-order valence-electron chi connectivity index (χ3n) is 2.56. The summed E-state index contributed by atoms with van der Waals surface area (Å²) in [5.41, 5.74) is 6.09. The highest BCUT2D eigenvalue weighted by molar-refractivity contribution is 7.89. The lowest BCUT2D eigenvalue weighted by molar-refractivity contribution is 0.407. The monoisotopic (exact) mass is 282 g/mol. The molecule has 104 valence electrons. The average molecular weight is 282 g/mol. The maximum atomic E-state index is 12.3. The molecule has 0 amide bonds. The molecule has 0 fully saturated rings. The SMILES string of the molecule is CC(C)(C)CNS(=O)(=O)c1c(N)nc2ccccn12. The number of hydrogen-bond donors (Lipinski definition) is 2. The van der Waals surface area contributed by atoms with E-state index in [-0.39, 0.29) is 16.3 Å². The number of rotatable bonds is 3. The summed E-state index contributed by atoms with van der Waals surface area (Å²) < 4.78 is 28.7. The molecule has 2 rings (SSSR count). The van der Waals surface area contributed by atoms with Gasteiger partial charge in [0, 0.05) is 12.7 Å². The summed E-state index contributed by atoms with van der Waals surface area (Å²) in [5, 5.41) is -0.00708. The topological polar surface area (TPSA) is 89.5 Å². The summed E-state index contributed by atoms with van der Waals surface area (Å²) in [5.74, 6) is 0.00705. The van der Waals surface area contributed by atoms with Crippen LogP contribution >= 0.6 is 0 Å². The number of nitrogen functional groups attached to an aromatic ring is 1. The third-order valence-corrected chi connectivity index (χ3v) is 4.00. The van der Waals surface area contributed by atoms with Gasteiger partial charge in [0.05, 0.1) is 0 Å². The van der Waals surface area contributed by atoms with E-state index in [2.05, 4.69) is 9.71 Å². The molecular formula is C12H18N4O2S.